The van der Waals surface area contributed by atoms with Crippen LogP contribution < -0.4 is 5.73 Å². The summed E-state index contributed by atoms with van der Waals surface area (Å²) in [6.45, 7) is 0.888. The smallest absolute Gasteiger partial charge is 0.00462 e. The summed E-state index contributed by atoms with van der Waals surface area (Å²) in [6.07, 6.45) is 6.69. The van der Waals surface area contributed by atoms with Crippen molar-refractivity contribution in [2.24, 2.45) is 17.6 Å². The molecular formula is C14H21N. The maximum Gasteiger partial charge on any atom is -0.00462 e. The van der Waals surface area contributed by atoms with Gasteiger partial charge in [-0.2, -0.15) is 0 Å². The molecule has 2 unspecified atom stereocenters. The maximum atomic E-state index is 5.79. The number of rotatable bonds is 4. The lowest BCUT2D eigenvalue weighted by Crippen LogP contribution is -2.18. The van der Waals surface area contributed by atoms with Crippen LogP contribution in [0.4, 0.5) is 0 Å². The van der Waals surface area contributed by atoms with Gasteiger partial charge >= 0.3 is 0 Å². The number of nitrogens with two attached hydrogens (primary N) is 1. The van der Waals surface area contributed by atoms with Crippen molar-refractivity contribution in [2.75, 3.05) is 6.54 Å². The molecule has 82 valence electrons. The molecule has 1 aromatic carbocycles. The van der Waals surface area contributed by atoms with Crippen LogP contribution in [0.2, 0.25) is 0 Å². The Hall–Kier alpha value is -0.820. The number of aryl methyl sites for hydroxylation is 1. The van der Waals surface area contributed by atoms with Gasteiger partial charge in [0.05, 0.1) is 0 Å². The molecular weight excluding hydrogens is 182 g/mol. The molecule has 2 N–H and O–H groups in total. The van der Waals surface area contributed by atoms with E-state index in [-0.39, 0.29) is 0 Å². The van der Waals surface area contributed by atoms with Gasteiger partial charge in [0, 0.05) is 0 Å². The molecule has 1 nitrogen and oxygen atoms in total. The minimum atomic E-state index is 0.800. The Labute approximate surface area is 92.7 Å². The average molecular weight is 203 g/mol. The van der Waals surface area contributed by atoms with Crippen LogP contribution in [0, 0.1) is 11.8 Å². The second-order valence-corrected chi connectivity index (χ2v) is 4.71. The van der Waals surface area contributed by atoms with Gasteiger partial charge in [-0.15, -0.1) is 0 Å². The Morgan fingerprint density at radius 3 is 2.53 bits per heavy atom. The molecule has 0 aliphatic heterocycles. The quantitative estimate of drug-likeness (QED) is 0.800. The first-order chi connectivity index (χ1) is 7.40. The third kappa shape index (κ3) is 2.82. The summed E-state index contributed by atoms with van der Waals surface area (Å²) in [5.41, 5.74) is 7.27. The van der Waals surface area contributed by atoms with Crippen LogP contribution in [0.5, 0.6) is 0 Å². The van der Waals surface area contributed by atoms with E-state index in [0.29, 0.717) is 0 Å². The molecule has 2 rings (SSSR count). The Kier molecular flexibility index (Phi) is 3.79. The van der Waals surface area contributed by atoms with E-state index >= 15 is 0 Å². The number of benzene rings is 1. The van der Waals surface area contributed by atoms with E-state index in [1.807, 2.05) is 0 Å². The van der Waals surface area contributed by atoms with Gasteiger partial charge in [0.25, 0.3) is 0 Å². The summed E-state index contributed by atoms with van der Waals surface area (Å²) >= 11 is 0. The van der Waals surface area contributed by atoms with Gasteiger partial charge in [0.15, 0.2) is 0 Å². The molecule has 0 aromatic heterocycles. The fourth-order valence-corrected chi connectivity index (χ4v) is 2.80. The summed E-state index contributed by atoms with van der Waals surface area (Å²) in [6, 6.07) is 10.8. The molecule has 1 aliphatic rings. The molecule has 0 heterocycles. The Morgan fingerprint density at radius 1 is 1.07 bits per heavy atom. The SMILES string of the molecule is NCC1CCCC1CCc1ccccc1. The molecule has 1 aliphatic carbocycles. The summed E-state index contributed by atoms with van der Waals surface area (Å²) in [5, 5.41) is 0. The molecule has 15 heavy (non-hydrogen) atoms. The van der Waals surface area contributed by atoms with Gasteiger partial charge in [-0.05, 0) is 43.2 Å². The predicted octanol–water partition coefficient (Wildman–Crippen LogP) is 2.99. The van der Waals surface area contributed by atoms with Gasteiger partial charge in [-0.1, -0.05) is 43.2 Å². The van der Waals surface area contributed by atoms with E-state index in [1.165, 1.54) is 37.7 Å². The standard InChI is InChI=1S/C14H21N/c15-11-14-8-4-7-13(14)10-9-12-5-2-1-3-6-12/h1-3,5-6,13-14H,4,7-11,15H2. The molecule has 0 amide bonds. The van der Waals surface area contributed by atoms with Crippen LogP contribution in [0.15, 0.2) is 30.3 Å². The topological polar surface area (TPSA) is 26.0 Å². The second kappa shape index (κ2) is 5.32. The molecule has 0 radical (unpaired) electrons. The minimum Gasteiger partial charge on any atom is -0.330 e. The van der Waals surface area contributed by atoms with Gasteiger partial charge in [0.2, 0.25) is 0 Å². The molecule has 1 saturated carbocycles. The molecule has 2 atom stereocenters. The zero-order valence-electron chi connectivity index (χ0n) is 9.36. The number of hydrogen-bond acceptors (Lipinski definition) is 1. The average Bonchev–Trinajstić information content (AvgIpc) is 2.75. The third-order valence-electron chi connectivity index (χ3n) is 3.77. The highest BCUT2D eigenvalue weighted by Gasteiger charge is 2.25. The van der Waals surface area contributed by atoms with Crippen LogP contribution in [-0.4, -0.2) is 6.54 Å². The van der Waals surface area contributed by atoms with Gasteiger partial charge in [0.1, 0.15) is 0 Å². The van der Waals surface area contributed by atoms with Crippen LogP contribution in [0.3, 0.4) is 0 Å². The van der Waals surface area contributed by atoms with E-state index in [4.69, 9.17) is 5.73 Å². The maximum absolute atomic E-state index is 5.79. The largest absolute Gasteiger partial charge is 0.330 e. The third-order valence-corrected chi connectivity index (χ3v) is 3.77. The molecule has 1 aromatic rings. The molecule has 1 heteroatoms. The fraction of sp³-hybridized carbons (Fsp3) is 0.571. The van der Waals surface area contributed by atoms with Crippen molar-refractivity contribution in [3.05, 3.63) is 35.9 Å². The molecule has 0 bridgehead atoms. The molecule has 0 spiro atoms. The van der Waals surface area contributed by atoms with Gasteiger partial charge in [-0.25, -0.2) is 0 Å². The van der Waals surface area contributed by atoms with Gasteiger partial charge in [-0.3, -0.25) is 0 Å². The Balaban J connectivity index is 1.83. The summed E-state index contributed by atoms with van der Waals surface area (Å²) in [5.74, 6) is 1.68. The van der Waals surface area contributed by atoms with Crippen molar-refractivity contribution in [2.45, 2.75) is 32.1 Å². The molecule has 0 saturated heterocycles. The first kappa shape index (κ1) is 10.7. The highest BCUT2D eigenvalue weighted by molar-refractivity contribution is 5.14. The van der Waals surface area contributed by atoms with Gasteiger partial charge < -0.3 is 5.73 Å². The first-order valence-electron chi connectivity index (χ1n) is 6.14. The minimum absolute atomic E-state index is 0.800. The molecule has 1 fully saturated rings. The lowest BCUT2D eigenvalue weighted by atomic mass is 9.90. The summed E-state index contributed by atoms with van der Waals surface area (Å²) < 4.78 is 0. The second-order valence-electron chi connectivity index (χ2n) is 4.71. The van der Waals surface area contributed by atoms with Crippen molar-refractivity contribution in [3.8, 4) is 0 Å². The lowest BCUT2D eigenvalue weighted by molar-refractivity contribution is 0.372. The van der Waals surface area contributed by atoms with Crippen molar-refractivity contribution < 1.29 is 0 Å². The van der Waals surface area contributed by atoms with E-state index in [2.05, 4.69) is 30.3 Å². The van der Waals surface area contributed by atoms with E-state index < -0.39 is 0 Å². The first-order valence-corrected chi connectivity index (χ1v) is 6.14. The summed E-state index contributed by atoms with van der Waals surface area (Å²) in [4.78, 5) is 0. The Bertz CT molecular complexity index is 281. The highest BCUT2D eigenvalue weighted by atomic mass is 14.6. The fourth-order valence-electron chi connectivity index (χ4n) is 2.80. The zero-order chi connectivity index (χ0) is 10.5. The van der Waals surface area contributed by atoms with Crippen LogP contribution in [-0.2, 0) is 6.42 Å². The zero-order valence-corrected chi connectivity index (χ0v) is 9.36. The Morgan fingerprint density at radius 2 is 1.80 bits per heavy atom. The van der Waals surface area contributed by atoms with Crippen LogP contribution in [0.25, 0.3) is 0 Å². The van der Waals surface area contributed by atoms with Crippen molar-refractivity contribution in [3.63, 3.8) is 0 Å². The summed E-state index contributed by atoms with van der Waals surface area (Å²) in [7, 11) is 0. The van der Waals surface area contributed by atoms with Crippen LogP contribution >= 0.6 is 0 Å². The van der Waals surface area contributed by atoms with E-state index in [9.17, 15) is 0 Å². The monoisotopic (exact) mass is 203 g/mol. The van der Waals surface area contributed by atoms with E-state index in [1.54, 1.807) is 0 Å². The van der Waals surface area contributed by atoms with Crippen molar-refractivity contribution in [1.29, 1.82) is 0 Å². The highest BCUT2D eigenvalue weighted by Crippen LogP contribution is 2.34. The van der Waals surface area contributed by atoms with Crippen molar-refractivity contribution in [1.82, 2.24) is 0 Å². The van der Waals surface area contributed by atoms with Crippen molar-refractivity contribution >= 4 is 0 Å². The lowest BCUT2D eigenvalue weighted by Gasteiger charge is -2.17. The number of hydrogen-bond donors (Lipinski definition) is 1. The van der Waals surface area contributed by atoms with E-state index in [0.717, 1.165) is 18.4 Å². The normalized spacial score (nSPS) is 25.7. The van der Waals surface area contributed by atoms with Crippen LogP contribution in [0.1, 0.15) is 31.2 Å². The predicted molar refractivity (Wildman–Crippen MR) is 64.6 cm³/mol.